The molecule has 0 radical (unpaired) electrons. The van der Waals surface area contributed by atoms with Crippen LogP contribution < -0.4 is 0 Å². The Hall–Kier alpha value is -1.28. The van der Waals surface area contributed by atoms with Crippen LogP contribution in [0.4, 0.5) is 0 Å². The van der Waals surface area contributed by atoms with E-state index in [4.69, 9.17) is 5.41 Å². The Labute approximate surface area is 109 Å². The fraction of sp³-hybridized carbons (Fsp3) is 0.267. The number of thiol groups is 1. The Morgan fingerprint density at radius 1 is 1.29 bits per heavy atom. The number of hydrogen-bond acceptors (Lipinski definition) is 2. The van der Waals surface area contributed by atoms with E-state index in [2.05, 4.69) is 57.7 Å². The quantitative estimate of drug-likeness (QED) is 0.443. The number of allylic oxidation sites excluding steroid dienone is 4. The Balaban J connectivity index is 3.27. The fourth-order valence-corrected chi connectivity index (χ4v) is 1.75. The highest BCUT2D eigenvalue weighted by Gasteiger charge is 2.05. The van der Waals surface area contributed by atoms with Crippen LogP contribution in [0.25, 0.3) is 5.57 Å². The summed E-state index contributed by atoms with van der Waals surface area (Å²) in [5.74, 6) is 0.487. The molecule has 0 aliphatic rings. The summed E-state index contributed by atoms with van der Waals surface area (Å²) in [5.41, 5.74) is 3.34. The van der Waals surface area contributed by atoms with Gasteiger partial charge in [0.25, 0.3) is 0 Å². The molecule has 1 rings (SSSR count). The molecule has 0 saturated carbocycles. The molecular formula is C15H19NS. The van der Waals surface area contributed by atoms with Gasteiger partial charge in [-0.1, -0.05) is 50.3 Å². The van der Waals surface area contributed by atoms with Gasteiger partial charge in [-0.15, -0.1) is 12.6 Å². The zero-order chi connectivity index (χ0) is 12.8. The molecule has 2 heteroatoms. The molecule has 1 aromatic rings. The third-order valence-electron chi connectivity index (χ3n) is 2.50. The Kier molecular flexibility index (Phi) is 5.23. The van der Waals surface area contributed by atoms with Gasteiger partial charge >= 0.3 is 0 Å². The summed E-state index contributed by atoms with van der Waals surface area (Å²) in [7, 11) is 0. The summed E-state index contributed by atoms with van der Waals surface area (Å²) in [5, 5.41) is 7.35. The van der Waals surface area contributed by atoms with Crippen LogP contribution in [0.5, 0.6) is 0 Å². The maximum Gasteiger partial charge on any atom is 0.0317 e. The SMILES string of the molecule is Cc1ccccc1C(/C=C\C(C)C)=C(\S)C=N. The van der Waals surface area contributed by atoms with E-state index in [-0.39, 0.29) is 0 Å². The summed E-state index contributed by atoms with van der Waals surface area (Å²) < 4.78 is 0. The van der Waals surface area contributed by atoms with Crippen LogP contribution >= 0.6 is 12.6 Å². The van der Waals surface area contributed by atoms with Crippen LogP contribution in [0.3, 0.4) is 0 Å². The molecule has 0 atom stereocenters. The van der Waals surface area contributed by atoms with Crippen LogP contribution in [-0.4, -0.2) is 6.21 Å². The van der Waals surface area contributed by atoms with Gasteiger partial charge in [0.1, 0.15) is 0 Å². The van der Waals surface area contributed by atoms with E-state index in [1.807, 2.05) is 12.1 Å². The molecule has 1 nitrogen and oxygen atoms in total. The maximum atomic E-state index is 7.35. The van der Waals surface area contributed by atoms with Gasteiger partial charge in [0.05, 0.1) is 0 Å². The minimum Gasteiger partial charge on any atom is -0.308 e. The summed E-state index contributed by atoms with van der Waals surface area (Å²) in [6, 6.07) is 8.17. The first-order valence-electron chi connectivity index (χ1n) is 5.74. The number of aryl methyl sites for hydroxylation is 1. The monoisotopic (exact) mass is 245 g/mol. The topological polar surface area (TPSA) is 23.9 Å². The van der Waals surface area contributed by atoms with Gasteiger partial charge in [-0.25, -0.2) is 0 Å². The highest BCUT2D eigenvalue weighted by molar-refractivity contribution is 7.85. The fourth-order valence-electron chi connectivity index (χ4n) is 1.55. The lowest BCUT2D eigenvalue weighted by molar-refractivity contribution is 0.832. The first kappa shape index (κ1) is 13.8. The lowest BCUT2D eigenvalue weighted by Crippen LogP contribution is -1.90. The standard InChI is InChI=1S/C15H19NS/c1-11(2)8-9-14(15(17)10-16)13-7-5-4-6-12(13)3/h4-11,16-17H,1-3H3/b9-8-,15-14-,16-10?. The zero-order valence-electron chi connectivity index (χ0n) is 10.6. The van der Waals surface area contributed by atoms with Crippen LogP contribution in [0.2, 0.25) is 0 Å². The van der Waals surface area contributed by atoms with Crippen molar-refractivity contribution < 1.29 is 0 Å². The highest BCUT2D eigenvalue weighted by atomic mass is 32.1. The van der Waals surface area contributed by atoms with Crippen LogP contribution in [0.15, 0.2) is 41.3 Å². The van der Waals surface area contributed by atoms with Crippen molar-refractivity contribution in [1.29, 1.82) is 5.41 Å². The Bertz CT molecular complexity index is 456. The molecule has 1 aromatic carbocycles. The minimum atomic E-state index is 0.487. The van der Waals surface area contributed by atoms with Gasteiger partial charge in [-0.3, -0.25) is 0 Å². The van der Waals surface area contributed by atoms with Crippen LogP contribution in [0.1, 0.15) is 25.0 Å². The van der Waals surface area contributed by atoms with Gasteiger partial charge in [-0.2, -0.15) is 0 Å². The Morgan fingerprint density at radius 2 is 1.94 bits per heavy atom. The lowest BCUT2D eigenvalue weighted by atomic mass is 9.99. The van der Waals surface area contributed by atoms with Crippen molar-refractivity contribution in [2.24, 2.45) is 5.92 Å². The van der Waals surface area contributed by atoms with E-state index in [0.717, 1.165) is 11.1 Å². The van der Waals surface area contributed by atoms with Crippen LogP contribution in [0, 0.1) is 18.3 Å². The van der Waals surface area contributed by atoms with Crippen molar-refractivity contribution in [3.63, 3.8) is 0 Å². The van der Waals surface area contributed by atoms with Gasteiger partial charge in [0.15, 0.2) is 0 Å². The maximum absolute atomic E-state index is 7.35. The molecule has 17 heavy (non-hydrogen) atoms. The second kappa shape index (κ2) is 6.45. The molecule has 0 aliphatic carbocycles. The van der Waals surface area contributed by atoms with Crippen LogP contribution in [-0.2, 0) is 0 Å². The van der Waals surface area contributed by atoms with E-state index >= 15 is 0 Å². The first-order chi connectivity index (χ1) is 8.06. The summed E-state index contributed by atoms with van der Waals surface area (Å²) >= 11 is 4.37. The molecule has 0 spiro atoms. The van der Waals surface area contributed by atoms with Gasteiger partial charge < -0.3 is 5.41 Å². The third-order valence-corrected chi connectivity index (χ3v) is 2.87. The van der Waals surface area contributed by atoms with E-state index in [1.165, 1.54) is 11.8 Å². The van der Waals surface area contributed by atoms with E-state index in [9.17, 15) is 0 Å². The molecule has 0 saturated heterocycles. The number of hydrogen-bond donors (Lipinski definition) is 2. The first-order valence-corrected chi connectivity index (χ1v) is 6.19. The predicted octanol–water partition coefficient (Wildman–Crippen LogP) is 4.50. The summed E-state index contributed by atoms with van der Waals surface area (Å²) in [6.07, 6.45) is 5.47. The van der Waals surface area contributed by atoms with Gasteiger partial charge in [0, 0.05) is 11.1 Å². The highest BCUT2D eigenvalue weighted by Crippen LogP contribution is 2.25. The molecule has 90 valence electrons. The van der Waals surface area contributed by atoms with E-state index < -0.39 is 0 Å². The molecule has 0 heterocycles. The van der Waals surface area contributed by atoms with Gasteiger partial charge in [0.2, 0.25) is 0 Å². The molecular weight excluding hydrogens is 226 g/mol. The van der Waals surface area contributed by atoms with Crippen molar-refractivity contribution >= 4 is 24.4 Å². The van der Waals surface area contributed by atoms with E-state index in [0.29, 0.717) is 10.8 Å². The molecule has 0 aromatic heterocycles. The summed E-state index contributed by atoms with van der Waals surface area (Å²) in [6.45, 7) is 6.34. The second-order valence-corrected chi connectivity index (χ2v) is 4.84. The number of nitrogens with one attached hydrogen (secondary N) is 1. The molecule has 0 aliphatic heterocycles. The lowest BCUT2D eigenvalue weighted by Gasteiger charge is -2.09. The smallest absolute Gasteiger partial charge is 0.0317 e. The van der Waals surface area contributed by atoms with Crippen molar-refractivity contribution in [2.75, 3.05) is 0 Å². The number of benzene rings is 1. The van der Waals surface area contributed by atoms with E-state index in [1.54, 1.807) is 0 Å². The summed E-state index contributed by atoms with van der Waals surface area (Å²) in [4.78, 5) is 0.691. The predicted molar refractivity (Wildman–Crippen MR) is 79.8 cm³/mol. The van der Waals surface area contributed by atoms with Crippen molar-refractivity contribution in [3.05, 3.63) is 52.4 Å². The molecule has 0 fully saturated rings. The molecule has 0 amide bonds. The largest absolute Gasteiger partial charge is 0.308 e. The number of rotatable bonds is 4. The second-order valence-electron chi connectivity index (χ2n) is 4.36. The normalized spacial score (nSPS) is 13.0. The third kappa shape index (κ3) is 3.90. The molecule has 0 unspecified atom stereocenters. The zero-order valence-corrected chi connectivity index (χ0v) is 11.5. The minimum absolute atomic E-state index is 0.487. The van der Waals surface area contributed by atoms with Crippen molar-refractivity contribution in [2.45, 2.75) is 20.8 Å². The molecule has 1 N–H and O–H groups in total. The van der Waals surface area contributed by atoms with Gasteiger partial charge in [-0.05, 0) is 29.5 Å². The molecule has 0 bridgehead atoms. The average molecular weight is 245 g/mol. The van der Waals surface area contributed by atoms with Crippen molar-refractivity contribution in [3.8, 4) is 0 Å². The average Bonchev–Trinajstić information content (AvgIpc) is 2.30. The Morgan fingerprint density at radius 3 is 2.47 bits per heavy atom. The van der Waals surface area contributed by atoms with Crippen molar-refractivity contribution in [1.82, 2.24) is 0 Å².